The van der Waals surface area contributed by atoms with Crippen LogP contribution in [0.2, 0.25) is 0 Å². The summed E-state index contributed by atoms with van der Waals surface area (Å²) in [5.74, 6) is 1.87. The third-order valence-corrected chi connectivity index (χ3v) is 13.6. The van der Waals surface area contributed by atoms with Crippen LogP contribution in [-0.4, -0.2) is 24.1 Å². The first kappa shape index (κ1) is 38.8. The molecule has 10 aromatic carbocycles. The van der Waals surface area contributed by atoms with Crippen molar-refractivity contribution in [1.29, 1.82) is 0 Å². The summed E-state index contributed by atoms with van der Waals surface area (Å²) < 4.78 is 11.4. The Hall–Kier alpha value is -9.39. The number of aromatic nitrogens is 5. The molecule has 0 atom stereocenters. The second-order valence-electron chi connectivity index (χ2n) is 17.6. The van der Waals surface area contributed by atoms with Crippen LogP contribution < -0.4 is 0 Å². The Balaban J connectivity index is 0.887. The minimum absolute atomic E-state index is 0.613. The van der Waals surface area contributed by atoms with Crippen LogP contribution in [0.4, 0.5) is 0 Å². The van der Waals surface area contributed by atoms with E-state index in [1.165, 1.54) is 43.7 Å². The number of furan rings is 1. The summed E-state index contributed by atoms with van der Waals surface area (Å²) in [6, 6.07) is 83.4. The van der Waals surface area contributed by atoms with E-state index in [2.05, 4.69) is 185 Å². The maximum atomic E-state index is 6.61. The second-order valence-corrected chi connectivity index (χ2v) is 17.6. The molecule has 0 saturated carbocycles. The molecule has 0 spiro atoms. The average Bonchev–Trinajstić information content (AvgIpc) is 4.08. The first-order valence-electron chi connectivity index (χ1n) is 23.3. The van der Waals surface area contributed by atoms with E-state index in [0.29, 0.717) is 17.5 Å². The van der Waals surface area contributed by atoms with E-state index in [1.807, 2.05) is 60.7 Å². The van der Waals surface area contributed by atoms with Crippen molar-refractivity contribution >= 4 is 65.6 Å². The Morgan fingerprint density at radius 2 is 0.768 bits per heavy atom. The van der Waals surface area contributed by atoms with Gasteiger partial charge in [-0.15, -0.1) is 0 Å². The lowest BCUT2D eigenvalue weighted by Gasteiger charge is -2.11. The Morgan fingerprint density at radius 1 is 0.275 bits per heavy atom. The van der Waals surface area contributed by atoms with Gasteiger partial charge in [-0.2, -0.15) is 0 Å². The predicted molar refractivity (Wildman–Crippen MR) is 283 cm³/mol. The summed E-state index contributed by atoms with van der Waals surface area (Å²) in [5.41, 5.74) is 15.8. The maximum absolute atomic E-state index is 6.61. The molecule has 0 aliphatic rings. The molecule has 0 N–H and O–H groups in total. The number of hydrogen-bond donors (Lipinski definition) is 0. The van der Waals surface area contributed by atoms with Crippen LogP contribution in [0, 0.1) is 0 Å². The first-order chi connectivity index (χ1) is 34.2. The lowest BCUT2D eigenvalue weighted by molar-refractivity contribution is 0.669. The average molecular weight is 882 g/mol. The molecule has 0 saturated heterocycles. The van der Waals surface area contributed by atoms with E-state index >= 15 is 0 Å². The number of para-hydroxylation sites is 3. The Kier molecular flexibility index (Phi) is 8.79. The summed E-state index contributed by atoms with van der Waals surface area (Å²) in [4.78, 5) is 15.0. The van der Waals surface area contributed by atoms with Gasteiger partial charge in [0, 0.05) is 60.4 Å². The summed E-state index contributed by atoms with van der Waals surface area (Å²) in [6.07, 6.45) is 0. The zero-order chi connectivity index (χ0) is 45.4. The fourth-order valence-electron chi connectivity index (χ4n) is 10.4. The van der Waals surface area contributed by atoms with Gasteiger partial charge in [0.1, 0.15) is 11.2 Å². The molecule has 0 unspecified atom stereocenters. The van der Waals surface area contributed by atoms with Gasteiger partial charge in [-0.1, -0.05) is 158 Å². The molecule has 14 aromatic rings. The normalized spacial score (nSPS) is 11.8. The van der Waals surface area contributed by atoms with Gasteiger partial charge in [-0.05, 0) is 101 Å². The van der Waals surface area contributed by atoms with Gasteiger partial charge in [0.05, 0.1) is 22.1 Å². The summed E-state index contributed by atoms with van der Waals surface area (Å²) >= 11 is 0. The van der Waals surface area contributed by atoms with Crippen LogP contribution in [-0.2, 0) is 0 Å². The van der Waals surface area contributed by atoms with Crippen molar-refractivity contribution in [2.75, 3.05) is 0 Å². The molecule has 6 heteroatoms. The monoisotopic (exact) mass is 881 g/mol. The van der Waals surface area contributed by atoms with E-state index in [4.69, 9.17) is 19.4 Å². The molecular formula is C63H39N5O. The number of benzene rings is 10. The second kappa shape index (κ2) is 15.6. The standard InChI is InChI=1S/C63H39N5O/c1-4-16-40(17-5-1)61-64-62(41-18-6-2-7-19-41)66-63(65-61)45-21-14-20-44(36-45)48-26-15-29-59-60(48)53-39-47(32-35-58(53)69-59)68-55-28-13-11-25-50(55)52-38-43(31-34-57(52)68)42-30-33-56-51(37-42)49-24-10-12-27-54(49)67(56)46-22-8-3-9-23-46/h1-39H. The highest BCUT2D eigenvalue weighted by Gasteiger charge is 2.20. The van der Waals surface area contributed by atoms with E-state index in [-0.39, 0.29) is 0 Å². The van der Waals surface area contributed by atoms with Crippen LogP contribution in [0.15, 0.2) is 241 Å². The molecule has 0 amide bonds. The first-order valence-corrected chi connectivity index (χ1v) is 23.3. The zero-order valence-electron chi connectivity index (χ0n) is 37.2. The minimum Gasteiger partial charge on any atom is -0.456 e. The van der Waals surface area contributed by atoms with Crippen molar-refractivity contribution in [2.24, 2.45) is 0 Å². The Morgan fingerprint density at radius 3 is 1.39 bits per heavy atom. The van der Waals surface area contributed by atoms with Gasteiger partial charge >= 0.3 is 0 Å². The van der Waals surface area contributed by atoms with Gasteiger partial charge in [0.15, 0.2) is 17.5 Å². The van der Waals surface area contributed by atoms with E-state index in [1.54, 1.807) is 0 Å². The molecule has 14 rings (SSSR count). The molecule has 6 nitrogen and oxygen atoms in total. The lowest BCUT2D eigenvalue weighted by Crippen LogP contribution is -2.00. The fourth-order valence-corrected chi connectivity index (χ4v) is 10.4. The topological polar surface area (TPSA) is 61.7 Å². The molecule has 0 fully saturated rings. The van der Waals surface area contributed by atoms with Gasteiger partial charge in [0.2, 0.25) is 0 Å². The molecule has 0 bridgehead atoms. The highest BCUT2D eigenvalue weighted by molar-refractivity contribution is 6.15. The van der Waals surface area contributed by atoms with E-state index in [0.717, 1.165) is 72.2 Å². The fraction of sp³-hybridized carbons (Fsp3) is 0. The van der Waals surface area contributed by atoms with Crippen LogP contribution in [0.25, 0.3) is 133 Å². The number of nitrogens with zero attached hydrogens (tertiary/aromatic N) is 5. The minimum atomic E-state index is 0.613. The summed E-state index contributed by atoms with van der Waals surface area (Å²) in [5, 5.41) is 6.99. The van der Waals surface area contributed by atoms with Crippen LogP contribution in [0.5, 0.6) is 0 Å². The van der Waals surface area contributed by atoms with Gasteiger partial charge in [0.25, 0.3) is 0 Å². The molecule has 0 aliphatic heterocycles. The van der Waals surface area contributed by atoms with Crippen LogP contribution >= 0.6 is 0 Å². The van der Waals surface area contributed by atoms with Crippen molar-refractivity contribution in [3.8, 4) is 67.8 Å². The lowest BCUT2D eigenvalue weighted by atomic mass is 9.97. The third-order valence-electron chi connectivity index (χ3n) is 13.6. The smallest absolute Gasteiger partial charge is 0.164 e. The van der Waals surface area contributed by atoms with Gasteiger partial charge in [-0.25, -0.2) is 15.0 Å². The largest absolute Gasteiger partial charge is 0.456 e. The molecule has 69 heavy (non-hydrogen) atoms. The highest BCUT2D eigenvalue weighted by atomic mass is 16.3. The quantitative estimate of drug-likeness (QED) is 0.160. The van der Waals surface area contributed by atoms with E-state index in [9.17, 15) is 0 Å². The van der Waals surface area contributed by atoms with Crippen molar-refractivity contribution in [3.05, 3.63) is 237 Å². The molecule has 0 radical (unpaired) electrons. The van der Waals surface area contributed by atoms with Crippen molar-refractivity contribution in [1.82, 2.24) is 24.1 Å². The SMILES string of the molecule is c1ccc(-c2nc(-c3ccccc3)nc(-c3cccc(-c4cccc5oc6ccc(-n7c8ccccc8c8cc(-c9ccc%10c(c9)c9ccccc9n%10-c9ccccc9)ccc87)cc6c45)c3)n2)cc1. The molecular weight excluding hydrogens is 843 g/mol. The van der Waals surface area contributed by atoms with Crippen molar-refractivity contribution in [2.45, 2.75) is 0 Å². The van der Waals surface area contributed by atoms with Crippen molar-refractivity contribution in [3.63, 3.8) is 0 Å². The van der Waals surface area contributed by atoms with E-state index < -0.39 is 0 Å². The van der Waals surface area contributed by atoms with Gasteiger partial charge < -0.3 is 13.6 Å². The Bertz CT molecular complexity index is 4240. The van der Waals surface area contributed by atoms with Crippen molar-refractivity contribution < 1.29 is 4.42 Å². The molecule has 4 heterocycles. The third kappa shape index (κ3) is 6.38. The summed E-state index contributed by atoms with van der Waals surface area (Å²) in [6.45, 7) is 0. The van der Waals surface area contributed by atoms with Gasteiger partial charge in [-0.3, -0.25) is 0 Å². The zero-order valence-corrected chi connectivity index (χ0v) is 37.2. The highest BCUT2D eigenvalue weighted by Crippen LogP contribution is 2.42. The number of rotatable bonds is 7. The molecule has 322 valence electrons. The predicted octanol–water partition coefficient (Wildman–Crippen LogP) is 16.3. The molecule has 4 aromatic heterocycles. The maximum Gasteiger partial charge on any atom is 0.164 e. The number of hydrogen-bond acceptors (Lipinski definition) is 4. The summed E-state index contributed by atoms with van der Waals surface area (Å²) in [7, 11) is 0. The number of fused-ring (bicyclic) bond motifs is 9. The van der Waals surface area contributed by atoms with Crippen LogP contribution in [0.1, 0.15) is 0 Å². The molecule has 0 aliphatic carbocycles. The Labute approximate surface area is 396 Å². The van der Waals surface area contributed by atoms with Crippen LogP contribution in [0.3, 0.4) is 0 Å².